The molecule has 0 amide bonds. The first kappa shape index (κ1) is 10.5. The summed E-state index contributed by atoms with van der Waals surface area (Å²) < 4.78 is 0. The summed E-state index contributed by atoms with van der Waals surface area (Å²) in [5.74, 6) is 0.918. The summed E-state index contributed by atoms with van der Waals surface area (Å²) in [6, 6.07) is 5.98. The highest BCUT2D eigenvalue weighted by atomic mass is 15.0. The highest BCUT2D eigenvalue weighted by Crippen LogP contribution is 2.22. The SMILES string of the molecule is Cc1ccc(N)cc1NC(C)c1ncc[nH]1. The molecule has 2 aromatic rings. The number of aryl methyl sites for hydroxylation is 1. The van der Waals surface area contributed by atoms with E-state index in [4.69, 9.17) is 5.73 Å². The lowest BCUT2D eigenvalue weighted by Crippen LogP contribution is -2.09. The van der Waals surface area contributed by atoms with Crippen molar-refractivity contribution in [3.63, 3.8) is 0 Å². The number of rotatable bonds is 3. The van der Waals surface area contributed by atoms with Crippen LogP contribution in [-0.2, 0) is 0 Å². The van der Waals surface area contributed by atoms with Gasteiger partial charge in [0.05, 0.1) is 6.04 Å². The minimum absolute atomic E-state index is 0.135. The van der Waals surface area contributed by atoms with Crippen molar-refractivity contribution >= 4 is 11.4 Å². The van der Waals surface area contributed by atoms with E-state index in [-0.39, 0.29) is 6.04 Å². The molecule has 4 nitrogen and oxygen atoms in total. The minimum atomic E-state index is 0.135. The third kappa shape index (κ3) is 2.16. The van der Waals surface area contributed by atoms with Crippen LogP contribution in [0.15, 0.2) is 30.6 Å². The molecule has 16 heavy (non-hydrogen) atoms. The summed E-state index contributed by atoms with van der Waals surface area (Å²) in [5.41, 5.74) is 8.74. The molecule has 1 aromatic heterocycles. The van der Waals surface area contributed by atoms with Crippen molar-refractivity contribution in [2.45, 2.75) is 19.9 Å². The normalized spacial score (nSPS) is 12.4. The Morgan fingerprint density at radius 1 is 1.44 bits per heavy atom. The van der Waals surface area contributed by atoms with Crippen LogP contribution in [0, 0.1) is 6.92 Å². The number of hydrogen-bond acceptors (Lipinski definition) is 3. The Hall–Kier alpha value is -1.97. The first-order chi connectivity index (χ1) is 7.66. The molecule has 0 fully saturated rings. The van der Waals surface area contributed by atoms with Crippen LogP contribution in [0.4, 0.5) is 11.4 Å². The lowest BCUT2D eigenvalue weighted by atomic mass is 10.1. The molecule has 0 saturated carbocycles. The molecule has 0 radical (unpaired) electrons. The van der Waals surface area contributed by atoms with Gasteiger partial charge in [-0.25, -0.2) is 4.98 Å². The van der Waals surface area contributed by atoms with Gasteiger partial charge in [-0.05, 0) is 31.5 Å². The molecule has 0 aliphatic carbocycles. The molecular weight excluding hydrogens is 200 g/mol. The van der Waals surface area contributed by atoms with E-state index in [1.807, 2.05) is 24.4 Å². The maximum absolute atomic E-state index is 5.76. The molecule has 1 heterocycles. The van der Waals surface area contributed by atoms with Crippen LogP contribution in [0.2, 0.25) is 0 Å². The van der Waals surface area contributed by atoms with Crippen LogP contribution in [0.5, 0.6) is 0 Å². The maximum atomic E-state index is 5.76. The fourth-order valence-electron chi connectivity index (χ4n) is 1.61. The standard InChI is InChI=1S/C12H16N4/c1-8-3-4-10(13)7-11(8)16-9(2)12-14-5-6-15-12/h3-7,9,16H,13H2,1-2H3,(H,14,15). The molecule has 1 atom stereocenters. The molecule has 0 saturated heterocycles. The molecule has 1 aromatic carbocycles. The number of hydrogen-bond donors (Lipinski definition) is 3. The quantitative estimate of drug-likeness (QED) is 0.690. The summed E-state index contributed by atoms with van der Waals surface area (Å²) in [6.07, 6.45) is 3.57. The summed E-state index contributed by atoms with van der Waals surface area (Å²) >= 11 is 0. The van der Waals surface area contributed by atoms with Crippen molar-refractivity contribution in [2.75, 3.05) is 11.1 Å². The van der Waals surface area contributed by atoms with Crippen molar-refractivity contribution in [3.8, 4) is 0 Å². The predicted molar refractivity (Wildman–Crippen MR) is 66.2 cm³/mol. The van der Waals surface area contributed by atoms with Gasteiger partial charge in [-0.15, -0.1) is 0 Å². The first-order valence-corrected chi connectivity index (χ1v) is 5.29. The summed E-state index contributed by atoms with van der Waals surface area (Å²) in [6.45, 7) is 4.11. The Morgan fingerprint density at radius 2 is 2.25 bits per heavy atom. The van der Waals surface area contributed by atoms with Gasteiger partial charge in [-0.1, -0.05) is 6.07 Å². The second-order valence-corrected chi connectivity index (χ2v) is 3.91. The molecular formula is C12H16N4. The zero-order valence-electron chi connectivity index (χ0n) is 9.49. The number of aromatic nitrogens is 2. The van der Waals surface area contributed by atoms with Gasteiger partial charge in [0.1, 0.15) is 5.82 Å². The lowest BCUT2D eigenvalue weighted by molar-refractivity contribution is 0.809. The molecule has 0 aliphatic rings. The van der Waals surface area contributed by atoms with Crippen LogP contribution in [0.1, 0.15) is 24.4 Å². The summed E-state index contributed by atoms with van der Waals surface area (Å²) in [7, 11) is 0. The Labute approximate surface area is 94.9 Å². The molecule has 0 spiro atoms. The highest BCUT2D eigenvalue weighted by molar-refractivity contribution is 5.59. The minimum Gasteiger partial charge on any atom is -0.399 e. The van der Waals surface area contributed by atoms with E-state index < -0.39 is 0 Å². The van der Waals surface area contributed by atoms with E-state index in [2.05, 4.69) is 29.1 Å². The fourth-order valence-corrected chi connectivity index (χ4v) is 1.61. The first-order valence-electron chi connectivity index (χ1n) is 5.29. The van der Waals surface area contributed by atoms with Gasteiger partial charge in [-0.2, -0.15) is 0 Å². The molecule has 84 valence electrons. The number of nitrogen functional groups attached to an aromatic ring is 1. The number of nitrogens with zero attached hydrogens (tertiary/aromatic N) is 1. The number of nitrogens with one attached hydrogen (secondary N) is 2. The van der Waals surface area contributed by atoms with Gasteiger partial charge in [0, 0.05) is 23.8 Å². The smallest absolute Gasteiger partial charge is 0.128 e. The third-order valence-electron chi connectivity index (χ3n) is 2.56. The second kappa shape index (κ2) is 4.26. The number of aromatic amines is 1. The monoisotopic (exact) mass is 216 g/mol. The van der Waals surface area contributed by atoms with Gasteiger partial charge in [0.2, 0.25) is 0 Å². The van der Waals surface area contributed by atoms with Gasteiger partial charge in [0.15, 0.2) is 0 Å². The van der Waals surface area contributed by atoms with E-state index in [9.17, 15) is 0 Å². The van der Waals surface area contributed by atoms with Gasteiger partial charge >= 0.3 is 0 Å². The summed E-state index contributed by atoms with van der Waals surface area (Å²) in [5, 5.41) is 3.38. The van der Waals surface area contributed by atoms with Crippen molar-refractivity contribution in [2.24, 2.45) is 0 Å². The average Bonchev–Trinajstić information content (AvgIpc) is 2.76. The Balaban J connectivity index is 2.17. The van der Waals surface area contributed by atoms with Crippen molar-refractivity contribution in [3.05, 3.63) is 42.0 Å². The Kier molecular flexibility index (Phi) is 2.81. The predicted octanol–water partition coefficient (Wildman–Crippen LogP) is 2.47. The molecule has 2 rings (SSSR count). The van der Waals surface area contributed by atoms with E-state index in [0.29, 0.717) is 0 Å². The molecule has 4 heteroatoms. The zero-order chi connectivity index (χ0) is 11.5. The zero-order valence-corrected chi connectivity index (χ0v) is 9.49. The average molecular weight is 216 g/mol. The lowest BCUT2D eigenvalue weighted by Gasteiger charge is -2.15. The molecule has 0 bridgehead atoms. The summed E-state index contributed by atoms with van der Waals surface area (Å²) in [4.78, 5) is 7.30. The number of H-pyrrole nitrogens is 1. The third-order valence-corrected chi connectivity index (χ3v) is 2.56. The Bertz CT molecular complexity index is 462. The van der Waals surface area contributed by atoms with Crippen LogP contribution in [0.25, 0.3) is 0 Å². The fraction of sp³-hybridized carbons (Fsp3) is 0.250. The Morgan fingerprint density at radius 3 is 2.94 bits per heavy atom. The van der Waals surface area contributed by atoms with Gasteiger partial charge < -0.3 is 16.0 Å². The van der Waals surface area contributed by atoms with E-state index in [0.717, 1.165) is 17.2 Å². The maximum Gasteiger partial charge on any atom is 0.128 e. The number of benzene rings is 1. The number of nitrogens with two attached hydrogens (primary N) is 1. The van der Waals surface area contributed by atoms with Crippen LogP contribution in [-0.4, -0.2) is 9.97 Å². The van der Waals surface area contributed by atoms with Crippen molar-refractivity contribution < 1.29 is 0 Å². The van der Waals surface area contributed by atoms with E-state index >= 15 is 0 Å². The van der Waals surface area contributed by atoms with E-state index in [1.54, 1.807) is 6.20 Å². The van der Waals surface area contributed by atoms with Gasteiger partial charge in [0.25, 0.3) is 0 Å². The van der Waals surface area contributed by atoms with Crippen LogP contribution >= 0.6 is 0 Å². The highest BCUT2D eigenvalue weighted by Gasteiger charge is 2.08. The van der Waals surface area contributed by atoms with Crippen LogP contribution < -0.4 is 11.1 Å². The van der Waals surface area contributed by atoms with Gasteiger partial charge in [-0.3, -0.25) is 0 Å². The second-order valence-electron chi connectivity index (χ2n) is 3.91. The number of anilines is 2. The van der Waals surface area contributed by atoms with E-state index in [1.165, 1.54) is 5.56 Å². The molecule has 1 unspecified atom stereocenters. The van der Waals surface area contributed by atoms with Crippen LogP contribution in [0.3, 0.4) is 0 Å². The van der Waals surface area contributed by atoms with Crippen molar-refractivity contribution in [1.82, 2.24) is 9.97 Å². The largest absolute Gasteiger partial charge is 0.399 e. The molecule has 0 aliphatic heterocycles. The number of imidazole rings is 1. The van der Waals surface area contributed by atoms with Crippen molar-refractivity contribution in [1.29, 1.82) is 0 Å². The topological polar surface area (TPSA) is 66.7 Å². The molecule has 4 N–H and O–H groups in total.